The molecule has 144 valence electrons. The van der Waals surface area contributed by atoms with Gasteiger partial charge in [-0.1, -0.05) is 66.7 Å². The van der Waals surface area contributed by atoms with Gasteiger partial charge < -0.3 is 4.74 Å². The number of hydrogen-bond donors (Lipinski definition) is 0. The van der Waals surface area contributed by atoms with E-state index in [9.17, 15) is 9.18 Å². The van der Waals surface area contributed by atoms with E-state index in [1.165, 1.54) is 29.3 Å². The number of carbonyl (C=O) groups is 1. The Morgan fingerprint density at radius 2 is 1.46 bits per heavy atom. The standard InChI is InChI=1S/C24H24FNO2/c1-19(28-24(27)22-13-8-14-23(25)15-22)16-26(17-20-9-4-2-5-10-20)18-21-11-6-3-7-12-21/h2-15,19H,16-18H2,1H3/t19-/m1/s1. The van der Waals surface area contributed by atoms with E-state index in [0.29, 0.717) is 6.54 Å². The first-order chi connectivity index (χ1) is 13.6. The maximum Gasteiger partial charge on any atom is 0.338 e. The summed E-state index contributed by atoms with van der Waals surface area (Å²) < 4.78 is 18.9. The Morgan fingerprint density at radius 3 is 2.00 bits per heavy atom. The second-order valence-electron chi connectivity index (χ2n) is 6.87. The molecule has 0 amide bonds. The monoisotopic (exact) mass is 377 g/mol. The summed E-state index contributed by atoms with van der Waals surface area (Å²) in [4.78, 5) is 14.5. The van der Waals surface area contributed by atoms with Gasteiger partial charge in [0.1, 0.15) is 11.9 Å². The molecule has 0 saturated heterocycles. The predicted octanol–water partition coefficient (Wildman–Crippen LogP) is 5.07. The van der Waals surface area contributed by atoms with Gasteiger partial charge in [0.15, 0.2) is 0 Å². The van der Waals surface area contributed by atoms with E-state index in [2.05, 4.69) is 29.2 Å². The molecule has 0 fully saturated rings. The summed E-state index contributed by atoms with van der Waals surface area (Å²) >= 11 is 0. The van der Waals surface area contributed by atoms with Crippen molar-refractivity contribution in [2.45, 2.75) is 26.1 Å². The second kappa shape index (κ2) is 9.81. The molecule has 0 aliphatic heterocycles. The number of ether oxygens (including phenoxy) is 1. The SMILES string of the molecule is C[C@H](CN(Cc1ccccc1)Cc1ccccc1)OC(=O)c1cccc(F)c1. The molecule has 0 aliphatic carbocycles. The zero-order valence-corrected chi connectivity index (χ0v) is 15.9. The van der Waals surface area contributed by atoms with Gasteiger partial charge in [0.05, 0.1) is 5.56 Å². The maximum absolute atomic E-state index is 13.3. The van der Waals surface area contributed by atoms with Crippen LogP contribution in [0.5, 0.6) is 0 Å². The molecule has 0 saturated carbocycles. The smallest absolute Gasteiger partial charge is 0.338 e. The molecule has 3 rings (SSSR count). The molecule has 3 aromatic carbocycles. The molecule has 0 unspecified atom stereocenters. The molecule has 0 radical (unpaired) electrons. The molecular formula is C24H24FNO2. The van der Waals surface area contributed by atoms with Gasteiger partial charge in [-0.2, -0.15) is 0 Å². The summed E-state index contributed by atoms with van der Waals surface area (Å²) in [6.45, 7) is 3.93. The first kappa shape index (κ1) is 19.8. The molecule has 0 bridgehead atoms. The minimum atomic E-state index is -0.508. The topological polar surface area (TPSA) is 29.5 Å². The summed E-state index contributed by atoms with van der Waals surface area (Å²) in [7, 11) is 0. The van der Waals surface area contributed by atoms with Crippen molar-refractivity contribution in [3.8, 4) is 0 Å². The number of hydrogen-bond acceptors (Lipinski definition) is 3. The Kier molecular flexibility index (Phi) is 6.93. The van der Waals surface area contributed by atoms with Crippen LogP contribution in [0.4, 0.5) is 4.39 Å². The van der Waals surface area contributed by atoms with Gasteiger partial charge in [-0.25, -0.2) is 9.18 Å². The molecule has 3 aromatic rings. The van der Waals surface area contributed by atoms with Crippen LogP contribution in [0.2, 0.25) is 0 Å². The maximum atomic E-state index is 13.3. The summed E-state index contributed by atoms with van der Waals surface area (Å²) in [5.74, 6) is -0.955. The van der Waals surface area contributed by atoms with Crippen molar-refractivity contribution in [3.63, 3.8) is 0 Å². The molecule has 28 heavy (non-hydrogen) atoms. The summed E-state index contributed by atoms with van der Waals surface area (Å²) in [5, 5.41) is 0. The number of rotatable bonds is 8. The van der Waals surface area contributed by atoms with Gasteiger partial charge in [-0.15, -0.1) is 0 Å². The van der Waals surface area contributed by atoms with Crippen LogP contribution in [0.1, 0.15) is 28.4 Å². The third-order valence-electron chi connectivity index (χ3n) is 4.38. The molecule has 4 heteroatoms. The Labute approximate surface area is 165 Å². The van der Waals surface area contributed by atoms with Crippen molar-refractivity contribution in [3.05, 3.63) is 107 Å². The van der Waals surface area contributed by atoms with Crippen LogP contribution in [0.25, 0.3) is 0 Å². The minimum absolute atomic E-state index is 0.226. The fourth-order valence-electron chi connectivity index (χ4n) is 3.14. The van der Waals surface area contributed by atoms with Crippen LogP contribution in [0.3, 0.4) is 0 Å². The molecule has 0 aromatic heterocycles. The van der Waals surface area contributed by atoms with E-state index >= 15 is 0 Å². The number of carbonyl (C=O) groups excluding carboxylic acids is 1. The first-order valence-corrected chi connectivity index (χ1v) is 9.37. The van der Waals surface area contributed by atoms with E-state index in [4.69, 9.17) is 4.74 Å². The fraction of sp³-hybridized carbons (Fsp3) is 0.208. The third kappa shape index (κ3) is 6.03. The average molecular weight is 377 g/mol. The molecule has 0 N–H and O–H groups in total. The van der Waals surface area contributed by atoms with Gasteiger partial charge in [0, 0.05) is 19.6 Å². The van der Waals surface area contributed by atoms with Crippen LogP contribution < -0.4 is 0 Å². The van der Waals surface area contributed by atoms with E-state index < -0.39 is 11.8 Å². The van der Waals surface area contributed by atoms with Crippen LogP contribution in [-0.2, 0) is 17.8 Å². The quantitative estimate of drug-likeness (QED) is 0.513. The van der Waals surface area contributed by atoms with Crippen molar-refractivity contribution in [1.82, 2.24) is 4.90 Å². The number of halogens is 1. The van der Waals surface area contributed by atoms with Crippen LogP contribution in [-0.4, -0.2) is 23.5 Å². The van der Waals surface area contributed by atoms with Gasteiger partial charge in [0.2, 0.25) is 0 Å². The highest BCUT2D eigenvalue weighted by atomic mass is 19.1. The van der Waals surface area contributed by atoms with Crippen molar-refractivity contribution in [1.29, 1.82) is 0 Å². The van der Waals surface area contributed by atoms with E-state index in [-0.39, 0.29) is 11.7 Å². The van der Waals surface area contributed by atoms with Gasteiger partial charge in [-0.05, 0) is 36.2 Å². The Hall–Kier alpha value is -2.98. The highest BCUT2D eigenvalue weighted by Crippen LogP contribution is 2.13. The largest absolute Gasteiger partial charge is 0.458 e. The Morgan fingerprint density at radius 1 is 0.893 bits per heavy atom. The summed E-state index contributed by atoms with van der Waals surface area (Å²) in [6.07, 6.45) is -0.330. The van der Waals surface area contributed by atoms with Crippen molar-refractivity contribution < 1.29 is 13.9 Å². The van der Waals surface area contributed by atoms with Crippen molar-refractivity contribution in [2.24, 2.45) is 0 Å². The van der Waals surface area contributed by atoms with Crippen LogP contribution >= 0.6 is 0 Å². The second-order valence-corrected chi connectivity index (χ2v) is 6.87. The zero-order chi connectivity index (χ0) is 19.8. The summed E-state index contributed by atoms with van der Waals surface area (Å²) in [5.41, 5.74) is 2.62. The predicted molar refractivity (Wildman–Crippen MR) is 108 cm³/mol. The van der Waals surface area contributed by atoms with Crippen LogP contribution in [0.15, 0.2) is 84.9 Å². The lowest BCUT2D eigenvalue weighted by Gasteiger charge is -2.26. The molecule has 0 spiro atoms. The van der Waals surface area contributed by atoms with Gasteiger partial charge in [0.25, 0.3) is 0 Å². The number of benzene rings is 3. The van der Waals surface area contributed by atoms with Gasteiger partial charge >= 0.3 is 5.97 Å². The normalized spacial score (nSPS) is 12.0. The lowest BCUT2D eigenvalue weighted by Crippen LogP contribution is -2.33. The number of esters is 1. The lowest BCUT2D eigenvalue weighted by atomic mass is 10.1. The average Bonchev–Trinajstić information content (AvgIpc) is 2.69. The van der Waals surface area contributed by atoms with Crippen molar-refractivity contribution in [2.75, 3.05) is 6.54 Å². The molecule has 3 nitrogen and oxygen atoms in total. The summed E-state index contributed by atoms with van der Waals surface area (Å²) in [6, 6.07) is 26.0. The van der Waals surface area contributed by atoms with Crippen molar-refractivity contribution >= 4 is 5.97 Å². The van der Waals surface area contributed by atoms with Gasteiger partial charge in [-0.3, -0.25) is 4.90 Å². The van der Waals surface area contributed by atoms with E-state index in [0.717, 1.165) is 13.1 Å². The van der Waals surface area contributed by atoms with E-state index in [1.54, 1.807) is 6.07 Å². The van der Waals surface area contributed by atoms with E-state index in [1.807, 2.05) is 43.3 Å². The molecular weight excluding hydrogens is 353 g/mol. The Balaban J connectivity index is 1.66. The highest BCUT2D eigenvalue weighted by Gasteiger charge is 2.17. The first-order valence-electron chi connectivity index (χ1n) is 9.37. The molecule has 1 atom stereocenters. The van der Waals surface area contributed by atoms with Crippen LogP contribution in [0, 0.1) is 5.82 Å². The fourth-order valence-corrected chi connectivity index (χ4v) is 3.14. The third-order valence-corrected chi connectivity index (χ3v) is 4.38. The number of nitrogens with zero attached hydrogens (tertiary/aromatic N) is 1. The molecule has 0 aliphatic rings. The highest BCUT2D eigenvalue weighted by molar-refractivity contribution is 5.89. The zero-order valence-electron chi connectivity index (χ0n) is 15.9. The minimum Gasteiger partial charge on any atom is -0.458 e. The Bertz CT molecular complexity index is 842. The molecule has 0 heterocycles. The lowest BCUT2D eigenvalue weighted by molar-refractivity contribution is 0.0236.